The van der Waals surface area contributed by atoms with Gasteiger partial charge >= 0.3 is 0 Å². The van der Waals surface area contributed by atoms with Crippen molar-refractivity contribution in [1.29, 1.82) is 0 Å². The Morgan fingerprint density at radius 2 is 1.90 bits per heavy atom. The van der Waals surface area contributed by atoms with Crippen LogP contribution in [0.4, 0.5) is 0 Å². The van der Waals surface area contributed by atoms with E-state index in [0.717, 1.165) is 4.31 Å². The van der Waals surface area contributed by atoms with Crippen molar-refractivity contribution in [3.63, 3.8) is 0 Å². The molecule has 2 aromatic carbocycles. The number of likely N-dealkylation sites (N-methyl/N-ethyl adjacent to an activating group) is 1. The predicted octanol–water partition coefficient (Wildman–Crippen LogP) is 1.83. The minimum absolute atomic E-state index is 0.0286. The van der Waals surface area contributed by atoms with Gasteiger partial charge in [-0.2, -0.15) is 9.41 Å². The molecule has 11 heteroatoms. The number of aromatic hydroxyl groups is 1. The van der Waals surface area contributed by atoms with Crippen molar-refractivity contribution >= 4 is 33.7 Å². The van der Waals surface area contributed by atoms with Crippen LogP contribution in [-0.2, 0) is 14.8 Å². The highest BCUT2D eigenvalue weighted by molar-refractivity contribution is 7.89. The van der Waals surface area contributed by atoms with Crippen LogP contribution in [0.2, 0.25) is 5.02 Å². The summed E-state index contributed by atoms with van der Waals surface area (Å²) in [5.41, 5.74) is 2.81. The minimum atomic E-state index is -3.94. The number of halogens is 1. The first kappa shape index (κ1) is 22.5. The molecule has 0 aliphatic carbocycles. The molecule has 1 amide bonds. The molecule has 0 heterocycles. The van der Waals surface area contributed by atoms with Gasteiger partial charge in [-0.3, -0.25) is 4.79 Å². The molecule has 0 radical (unpaired) electrons. The van der Waals surface area contributed by atoms with Gasteiger partial charge in [0.15, 0.2) is 11.5 Å². The fourth-order valence-corrected chi connectivity index (χ4v) is 3.74. The molecule has 0 aliphatic rings. The van der Waals surface area contributed by atoms with Gasteiger partial charge < -0.3 is 14.6 Å². The molecule has 2 aromatic rings. The van der Waals surface area contributed by atoms with Gasteiger partial charge in [0.05, 0.1) is 36.9 Å². The van der Waals surface area contributed by atoms with Gasteiger partial charge in [0.25, 0.3) is 5.91 Å². The summed E-state index contributed by atoms with van der Waals surface area (Å²) in [6.45, 7) is -0.456. The Bertz CT molecular complexity index is 1030. The number of nitrogens with one attached hydrogen (secondary N) is 1. The zero-order valence-electron chi connectivity index (χ0n) is 15.9. The number of phenolic OH excluding ortho intramolecular Hbond substituents is 1. The highest BCUT2D eigenvalue weighted by Crippen LogP contribution is 2.28. The van der Waals surface area contributed by atoms with E-state index in [-0.39, 0.29) is 21.4 Å². The Hall–Kier alpha value is -2.82. The Balaban J connectivity index is 2.01. The number of methoxy groups -OCH3 is 2. The second-order valence-corrected chi connectivity index (χ2v) is 8.23. The number of carbonyl (C=O) groups is 1. The molecule has 0 aromatic heterocycles. The molecule has 0 aliphatic heterocycles. The van der Waals surface area contributed by atoms with Crippen molar-refractivity contribution in [2.45, 2.75) is 4.90 Å². The number of hydrogen-bond donors (Lipinski definition) is 2. The molecule has 0 fully saturated rings. The van der Waals surface area contributed by atoms with Gasteiger partial charge in [0.2, 0.25) is 10.0 Å². The molecular weight excluding hydrogens is 422 g/mol. The Morgan fingerprint density at radius 1 is 1.21 bits per heavy atom. The average Bonchev–Trinajstić information content (AvgIpc) is 2.69. The number of hydrogen-bond acceptors (Lipinski definition) is 7. The molecule has 0 atom stereocenters. The second kappa shape index (κ2) is 9.59. The van der Waals surface area contributed by atoms with E-state index >= 15 is 0 Å². The molecule has 0 spiro atoms. The Kier molecular flexibility index (Phi) is 7.43. The summed E-state index contributed by atoms with van der Waals surface area (Å²) in [7, 11) is 0.153. The molecule has 156 valence electrons. The summed E-state index contributed by atoms with van der Waals surface area (Å²) >= 11 is 5.97. The third-order valence-corrected chi connectivity index (χ3v) is 5.90. The van der Waals surface area contributed by atoms with E-state index in [0.29, 0.717) is 11.3 Å². The average molecular weight is 442 g/mol. The van der Waals surface area contributed by atoms with Gasteiger partial charge in [0.1, 0.15) is 5.75 Å². The highest BCUT2D eigenvalue weighted by atomic mass is 35.5. The Morgan fingerprint density at radius 3 is 2.52 bits per heavy atom. The maximum Gasteiger partial charge on any atom is 0.255 e. The van der Waals surface area contributed by atoms with Crippen molar-refractivity contribution in [1.82, 2.24) is 9.73 Å². The lowest BCUT2D eigenvalue weighted by atomic mass is 10.2. The van der Waals surface area contributed by atoms with Crippen LogP contribution in [0.15, 0.2) is 46.4 Å². The predicted molar refractivity (Wildman–Crippen MR) is 108 cm³/mol. The largest absolute Gasteiger partial charge is 0.504 e. The molecule has 29 heavy (non-hydrogen) atoms. The van der Waals surface area contributed by atoms with Crippen LogP contribution in [0.5, 0.6) is 17.2 Å². The Labute approximate surface area is 173 Å². The van der Waals surface area contributed by atoms with Gasteiger partial charge in [0, 0.05) is 7.05 Å². The van der Waals surface area contributed by atoms with Gasteiger partial charge in [-0.15, -0.1) is 0 Å². The number of hydrazone groups is 1. The zero-order valence-corrected chi connectivity index (χ0v) is 17.5. The molecule has 2 rings (SSSR count). The standard InChI is InChI=1S/C18H20ClN3O6S/c1-22(29(25,26)13-5-7-16(27-2)14(19)9-13)11-18(24)21-20-10-12-4-6-15(23)17(8-12)28-3/h4-10,23H,11H2,1-3H3,(H,21,24)/b20-10+. The fraction of sp³-hybridized carbons (Fsp3) is 0.222. The van der Waals surface area contributed by atoms with Gasteiger partial charge in [-0.05, 0) is 42.0 Å². The summed E-state index contributed by atoms with van der Waals surface area (Å²) < 4.78 is 36.0. The third-order valence-electron chi connectivity index (χ3n) is 3.80. The first-order valence-electron chi connectivity index (χ1n) is 8.18. The highest BCUT2D eigenvalue weighted by Gasteiger charge is 2.23. The number of ether oxygens (including phenoxy) is 2. The van der Waals surface area contributed by atoms with Crippen molar-refractivity contribution in [3.8, 4) is 17.2 Å². The van der Waals surface area contributed by atoms with Crippen LogP contribution in [0, 0.1) is 0 Å². The summed E-state index contributed by atoms with van der Waals surface area (Å²) in [5, 5.41) is 13.5. The van der Waals surface area contributed by atoms with Crippen LogP contribution < -0.4 is 14.9 Å². The maximum absolute atomic E-state index is 12.6. The van der Waals surface area contributed by atoms with E-state index in [1.807, 2.05) is 0 Å². The van der Waals surface area contributed by atoms with Crippen molar-refractivity contribution in [3.05, 3.63) is 47.0 Å². The van der Waals surface area contributed by atoms with E-state index in [1.54, 1.807) is 6.07 Å². The van der Waals surface area contributed by atoms with E-state index in [2.05, 4.69) is 10.5 Å². The summed E-state index contributed by atoms with van der Waals surface area (Å²) in [4.78, 5) is 12.0. The molecule has 0 saturated carbocycles. The van der Waals surface area contributed by atoms with Crippen molar-refractivity contribution < 1.29 is 27.8 Å². The second-order valence-electron chi connectivity index (χ2n) is 5.78. The van der Waals surface area contributed by atoms with Crippen molar-refractivity contribution in [2.24, 2.45) is 5.10 Å². The SMILES string of the molecule is COc1cc(/C=N/NC(=O)CN(C)S(=O)(=O)c2ccc(OC)c(Cl)c2)ccc1O. The number of phenols is 1. The monoisotopic (exact) mass is 441 g/mol. The first-order chi connectivity index (χ1) is 13.7. The lowest BCUT2D eigenvalue weighted by Gasteiger charge is -2.16. The smallest absolute Gasteiger partial charge is 0.255 e. The quantitative estimate of drug-likeness (QED) is 0.476. The lowest BCUT2D eigenvalue weighted by molar-refractivity contribution is -0.121. The van der Waals surface area contributed by atoms with Gasteiger partial charge in [-0.25, -0.2) is 13.8 Å². The minimum Gasteiger partial charge on any atom is -0.504 e. The number of rotatable bonds is 8. The van der Waals surface area contributed by atoms with Crippen molar-refractivity contribution in [2.75, 3.05) is 27.8 Å². The molecular formula is C18H20ClN3O6S. The number of nitrogens with zero attached hydrogens (tertiary/aromatic N) is 2. The summed E-state index contributed by atoms with van der Waals surface area (Å²) in [6.07, 6.45) is 1.33. The van der Waals surface area contributed by atoms with E-state index in [1.165, 1.54) is 57.8 Å². The van der Waals surface area contributed by atoms with Crippen LogP contribution >= 0.6 is 11.6 Å². The molecule has 0 unspecified atom stereocenters. The topological polar surface area (TPSA) is 118 Å². The molecule has 9 nitrogen and oxygen atoms in total. The number of sulfonamides is 1. The van der Waals surface area contributed by atoms with E-state index in [4.69, 9.17) is 21.1 Å². The molecule has 0 saturated heterocycles. The zero-order chi connectivity index (χ0) is 21.6. The van der Waals surface area contributed by atoms with Crippen LogP contribution in [0.25, 0.3) is 0 Å². The molecule has 2 N–H and O–H groups in total. The number of amides is 1. The summed E-state index contributed by atoms with van der Waals surface area (Å²) in [5.74, 6) is -0.0766. The van der Waals surface area contributed by atoms with E-state index in [9.17, 15) is 18.3 Å². The van der Waals surface area contributed by atoms with Crippen LogP contribution in [-0.4, -0.2) is 57.8 Å². The number of benzene rings is 2. The molecule has 0 bridgehead atoms. The number of carbonyl (C=O) groups excluding carboxylic acids is 1. The van der Waals surface area contributed by atoms with Crippen LogP contribution in [0.1, 0.15) is 5.56 Å². The normalized spacial score (nSPS) is 11.6. The fourth-order valence-electron chi connectivity index (χ4n) is 2.26. The summed E-state index contributed by atoms with van der Waals surface area (Å²) in [6, 6.07) is 8.53. The first-order valence-corrected chi connectivity index (χ1v) is 9.99. The maximum atomic E-state index is 12.6. The lowest BCUT2D eigenvalue weighted by Crippen LogP contribution is -2.36. The van der Waals surface area contributed by atoms with Gasteiger partial charge in [-0.1, -0.05) is 11.6 Å². The third kappa shape index (κ3) is 5.59. The van der Waals surface area contributed by atoms with E-state index < -0.39 is 22.5 Å². The van der Waals surface area contributed by atoms with Crippen LogP contribution in [0.3, 0.4) is 0 Å².